The van der Waals surface area contributed by atoms with Crippen molar-refractivity contribution in [3.8, 4) is 0 Å². The lowest BCUT2D eigenvalue weighted by Gasteiger charge is -2.10. The van der Waals surface area contributed by atoms with E-state index < -0.39 is 0 Å². The van der Waals surface area contributed by atoms with E-state index in [1.807, 2.05) is 19.2 Å². The van der Waals surface area contributed by atoms with Crippen molar-refractivity contribution in [2.45, 2.75) is 13.0 Å². The maximum atomic E-state index is 6.10. The minimum absolute atomic E-state index is 0.0418. The van der Waals surface area contributed by atoms with Crippen LogP contribution in [-0.2, 0) is 0 Å². The van der Waals surface area contributed by atoms with Crippen LogP contribution in [-0.4, -0.2) is 29.4 Å². The molecule has 0 bridgehead atoms. The van der Waals surface area contributed by atoms with Gasteiger partial charge in [0.2, 0.25) is 0 Å². The molecule has 0 amide bonds. The van der Waals surface area contributed by atoms with Gasteiger partial charge in [-0.3, -0.25) is 14.1 Å². The highest BCUT2D eigenvalue weighted by atomic mass is 35.5. The average molecular weight is 249 g/mol. The van der Waals surface area contributed by atoms with Gasteiger partial charge in [0, 0.05) is 12.4 Å². The predicted octanol–water partition coefficient (Wildman–Crippen LogP) is 1.58. The lowest BCUT2D eigenvalue weighted by atomic mass is 10.3. The highest BCUT2D eigenvalue weighted by Gasteiger charge is 2.17. The lowest BCUT2D eigenvalue weighted by molar-refractivity contribution is 0.532. The summed E-state index contributed by atoms with van der Waals surface area (Å²) in [6.07, 6.45) is 6.79. The summed E-state index contributed by atoms with van der Waals surface area (Å²) < 4.78 is 3.56. The van der Waals surface area contributed by atoms with E-state index >= 15 is 0 Å². The molecule has 3 aromatic rings. The Bertz CT molecular complexity index is 644. The molecule has 0 aliphatic heterocycles. The van der Waals surface area contributed by atoms with Crippen molar-refractivity contribution in [3.63, 3.8) is 0 Å². The summed E-state index contributed by atoms with van der Waals surface area (Å²) in [4.78, 5) is 3.97. The third kappa shape index (κ3) is 1.57. The number of rotatable bonds is 2. The molecular weight excluding hydrogens is 240 g/mol. The predicted molar refractivity (Wildman–Crippen MR) is 61.8 cm³/mol. The van der Waals surface area contributed by atoms with Crippen LogP contribution in [0.5, 0.6) is 0 Å². The molecular formula is C10H9ClN6. The van der Waals surface area contributed by atoms with Gasteiger partial charge < -0.3 is 0 Å². The molecule has 0 saturated carbocycles. The smallest absolute Gasteiger partial charge is 0.180 e. The maximum absolute atomic E-state index is 6.10. The van der Waals surface area contributed by atoms with Crippen LogP contribution in [0.1, 0.15) is 18.8 Å². The van der Waals surface area contributed by atoms with E-state index in [2.05, 4.69) is 20.3 Å². The molecule has 3 aromatic heterocycles. The molecule has 1 unspecified atom stereocenters. The molecule has 0 N–H and O–H groups in total. The van der Waals surface area contributed by atoms with E-state index in [-0.39, 0.29) is 6.04 Å². The van der Waals surface area contributed by atoms with E-state index in [4.69, 9.17) is 11.6 Å². The first-order valence-electron chi connectivity index (χ1n) is 5.11. The summed E-state index contributed by atoms with van der Waals surface area (Å²) in [5.74, 6) is 0.733. The van der Waals surface area contributed by atoms with Gasteiger partial charge in [0.05, 0.1) is 12.4 Å². The number of halogens is 1. The Morgan fingerprint density at radius 3 is 2.94 bits per heavy atom. The Labute approximate surface area is 102 Å². The monoisotopic (exact) mass is 248 g/mol. The van der Waals surface area contributed by atoms with Crippen LogP contribution in [0.15, 0.2) is 30.9 Å². The molecule has 17 heavy (non-hydrogen) atoms. The Morgan fingerprint density at radius 2 is 2.18 bits per heavy atom. The SMILES string of the molecule is CC(c1nnc2cncc(Cl)n12)n1cccn1. The molecule has 0 spiro atoms. The fourth-order valence-corrected chi connectivity index (χ4v) is 1.96. The zero-order valence-electron chi connectivity index (χ0n) is 9.03. The molecule has 0 saturated heterocycles. The molecule has 0 radical (unpaired) electrons. The van der Waals surface area contributed by atoms with Gasteiger partial charge in [-0.25, -0.2) is 0 Å². The van der Waals surface area contributed by atoms with Crippen LogP contribution in [0.2, 0.25) is 5.15 Å². The van der Waals surface area contributed by atoms with Crippen molar-refractivity contribution < 1.29 is 0 Å². The Kier molecular flexibility index (Phi) is 2.29. The zero-order chi connectivity index (χ0) is 11.8. The molecule has 1 atom stereocenters. The van der Waals surface area contributed by atoms with Crippen LogP contribution in [0.4, 0.5) is 0 Å². The topological polar surface area (TPSA) is 60.9 Å². The van der Waals surface area contributed by atoms with Gasteiger partial charge in [-0.05, 0) is 13.0 Å². The fourth-order valence-electron chi connectivity index (χ4n) is 1.73. The molecule has 0 aliphatic rings. The minimum Gasteiger partial charge on any atom is -0.265 e. The first-order valence-corrected chi connectivity index (χ1v) is 5.49. The van der Waals surface area contributed by atoms with Gasteiger partial charge in [0.15, 0.2) is 11.5 Å². The highest BCUT2D eigenvalue weighted by molar-refractivity contribution is 6.29. The summed E-state index contributed by atoms with van der Waals surface area (Å²) >= 11 is 6.10. The van der Waals surface area contributed by atoms with Crippen molar-refractivity contribution in [1.29, 1.82) is 0 Å². The van der Waals surface area contributed by atoms with Crippen molar-refractivity contribution in [3.05, 3.63) is 41.8 Å². The minimum atomic E-state index is -0.0418. The lowest BCUT2D eigenvalue weighted by Crippen LogP contribution is -2.11. The quantitative estimate of drug-likeness (QED) is 0.691. The molecule has 6 nitrogen and oxygen atoms in total. The number of hydrogen-bond donors (Lipinski definition) is 0. The Morgan fingerprint density at radius 1 is 1.29 bits per heavy atom. The fraction of sp³-hybridized carbons (Fsp3) is 0.200. The third-order valence-electron chi connectivity index (χ3n) is 2.59. The van der Waals surface area contributed by atoms with Crippen LogP contribution in [0.25, 0.3) is 5.65 Å². The van der Waals surface area contributed by atoms with Gasteiger partial charge in [-0.1, -0.05) is 11.6 Å². The molecule has 0 fully saturated rings. The standard InChI is InChI=1S/C10H9ClN6/c1-7(16-4-2-3-13-16)10-15-14-9-6-12-5-8(11)17(9)10/h2-7H,1H3. The normalized spacial score (nSPS) is 13.1. The Balaban J connectivity index is 2.18. The maximum Gasteiger partial charge on any atom is 0.180 e. The molecule has 3 rings (SSSR count). The number of nitrogens with zero attached hydrogens (tertiary/aromatic N) is 6. The van der Waals surface area contributed by atoms with Gasteiger partial charge in [-0.2, -0.15) is 5.10 Å². The van der Waals surface area contributed by atoms with E-state index in [1.54, 1.807) is 27.7 Å². The molecule has 86 valence electrons. The summed E-state index contributed by atoms with van der Waals surface area (Å²) in [6.45, 7) is 1.99. The van der Waals surface area contributed by atoms with Crippen molar-refractivity contribution in [2.24, 2.45) is 0 Å². The van der Waals surface area contributed by atoms with Crippen molar-refractivity contribution in [2.75, 3.05) is 0 Å². The molecule has 3 heterocycles. The second-order valence-electron chi connectivity index (χ2n) is 3.64. The average Bonchev–Trinajstić information content (AvgIpc) is 2.98. The van der Waals surface area contributed by atoms with Crippen molar-refractivity contribution >= 4 is 17.2 Å². The van der Waals surface area contributed by atoms with Gasteiger partial charge in [0.25, 0.3) is 0 Å². The summed E-state index contributed by atoms with van der Waals surface area (Å²) in [5, 5.41) is 12.8. The van der Waals surface area contributed by atoms with E-state index in [0.29, 0.717) is 10.8 Å². The molecule has 7 heteroatoms. The second kappa shape index (κ2) is 3.81. The largest absolute Gasteiger partial charge is 0.265 e. The first-order chi connectivity index (χ1) is 8.27. The number of aromatic nitrogens is 6. The first kappa shape index (κ1) is 10.2. The van der Waals surface area contributed by atoms with Crippen LogP contribution < -0.4 is 0 Å². The zero-order valence-corrected chi connectivity index (χ0v) is 9.78. The number of fused-ring (bicyclic) bond motifs is 1. The van der Waals surface area contributed by atoms with Crippen LogP contribution in [0.3, 0.4) is 0 Å². The molecule has 0 aromatic carbocycles. The van der Waals surface area contributed by atoms with Crippen LogP contribution >= 0.6 is 11.6 Å². The third-order valence-corrected chi connectivity index (χ3v) is 2.86. The van der Waals surface area contributed by atoms with Gasteiger partial charge >= 0.3 is 0 Å². The Hall–Kier alpha value is -1.95. The van der Waals surface area contributed by atoms with Gasteiger partial charge in [-0.15, -0.1) is 10.2 Å². The van der Waals surface area contributed by atoms with Gasteiger partial charge in [0.1, 0.15) is 11.2 Å². The van der Waals surface area contributed by atoms with E-state index in [1.165, 1.54) is 0 Å². The highest BCUT2D eigenvalue weighted by Crippen LogP contribution is 2.19. The second-order valence-corrected chi connectivity index (χ2v) is 4.03. The van der Waals surface area contributed by atoms with Crippen molar-refractivity contribution in [1.82, 2.24) is 29.4 Å². The molecule has 0 aliphatic carbocycles. The van der Waals surface area contributed by atoms with Crippen LogP contribution in [0, 0.1) is 0 Å². The summed E-state index contributed by atoms with van der Waals surface area (Å²) in [7, 11) is 0. The van der Waals surface area contributed by atoms with E-state index in [0.717, 1.165) is 5.82 Å². The summed E-state index contributed by atoms with van der Waals surface area (Å²) in [6, 6.07) is 1.82. The van der Waals surface area contributed by atoms with E-state index in [9.17, 15) is 0 Å². The number of hydrogen-bond acceptors (Lipinski definition) is 4. The summed E-state index contributed by atoms with van der Waals surface area (Å²) in [5.41, 5.74) is 0.631.